The number of aromatic amines is 1. The Bertz CT molecular complexity index is 735. The number of amides is 1. The summed E-state index contributed by atoms with van der Waals surface area (Å²) >= 11 is 11.0. The van der Waals surface area contributed by atoms with E-state index in [0.29, 0.717) is 34.8 Å². The fourth-order valence-electron chi connectivity index (χ4n) is 2.11. The number of H-pyrrole nitrogens is 1. The molecule has 1 heterocycles. The Kier molecular flexibility index (Phi) is 3.52. The molecule has 1 fully saturated rings. The van der Waals surface area contributed by atoms with Crippen molar-refractivity contribution in [3.63, 3.8) is 0 Å². The van der Waals surface area contributed by atoms with E-state index >= 15 is 0 Å². The summed E-state index contributed by atoms with van der Waals surface area (Å²) in [6.45, 7) is 0.444. The molecule has 1 saturated carbocycles. The molecule has 1 aliphatic rings. The molecule has 1 aromatic carbocycles. The molecule has 7 heteroatoms. The van der Waals surface area contributed by atoms with Gasteiger partial charge in [0, 0.05) is 25.1 Å². The number of halogens is 2. The third-order valence-corrected chi connectivity index (χ3v) is 3.93. The first-order valence-electron chi connectivity index (χ1n) is 6.41. The highest BCUT2D eigenvalue weighted by Crippen LogP contribution is 2.23. The van der Waals surface area contributed by atoms with Crippen LogP contribution >= 0.6 is 23.8 Å². The molecule has 0 unspecified atom stereocenters. The van der Waals surface area contributed by atoms with E-state index in [1.807, 2.05) is 0 Å². The summed E-state index contributed by atoms with van der Waals surface area (Å²) in [4.78, 5) is 14.6. The fraction of sp³-hybridized carbons (Fsp3) is 0.385. The summed E-state index contributed by atoms with van der Waals surface area (Å²) in [5.74, 6) is -0.481. The summed E-state index contributed by atoms with van der Waals surface area (Å²) in [6.07, 6.45) is 2.47. The topological polar surface area (TPSA) is 49.8 Å². The van der Waals surface area contributed by atoms with E-state index in [0.717, 1.165) is 12.8 Å². The molecule has 106 valence electrons. The van der Waals surface area contributed by atoms with Crippen LogP contribution < -0.4 is 5.32 Å². The summed E-state index contributed by atoms with van der Waals surface area (Å²) < 4.78 is 15.6. The van der Waals surface area contributed by atoms with E-state index in [9.17, 15) is 9.18 Å². The monoisotopic (exact) mass is 313 g/mol. The number of aromatic nitrogens is 2. The molecular formula is C13H13ClFN3OS. The van der Waals surface area contributed by atoms with Gasteiger partial charge >= 0.3 is 0 Å². The zero-order valence-electron chi connectivity index (χ0n) is 10.6. The van der Waals surface area contributed by atoms with E-state index < -0.39 is 5.82 Å². The quantitative estimate of drug-likeness (QED) is 0.852. The van der Waals surface area contributed by atoms with Crippen molar-refractivity contribution in [2.75, 3.05) is 0 Å². The number of carbonyl (C=O) groups is 1. The van der Waals surface area contributed by atoms with E-state index in [2.05, 4.69) is 10.3 Å². The summed E-state index contributed by atoms with van der Waals surface area (Å²) in [5.41, 5.74) is 1.29. The van der Waals surface area contributed by atoms with Gasteiger partial charge in [-0.1, -0.05) is 11.6 Å². The van der Waals surface area contributed by atoms with E-state index in [1.54, 1.807) is 4.57 Å². The first kappa shape index (κ1) is 13.6. The fourth-order valence-corrected chi connectivity index (χ4v) is 2.57. The van der Waals surface area contributed by atoms with E-state index in [-0.39, 0.29) is 10.9 Å². The van der Waals surface area contributed by atoms with Gasteiger partial charge in [-0.05, 0) is 31.1 Å². The second-order valence-corrected chi connectivity index (χ2v) is 5.75. The van der Waals surface area contributed by atoms with Gasteiger partial charge < -0.3 is 14.9 Å². The maximum absolute atomic E-state index is 13.4. The minimum Gasteiger partial charge on any atom is -0.353 e. The van der Waals surface area contributed by atoms with Crippen LogP contribution in [0.3, 0.4) is 0 Å². The number of rotatable bonds is 4. The number of nitrogens with zero attached hydrogens (tertiary/aromatic N) is 1. The number of hydrogen-bond donors (Lipinski definition) is 2. The Morgan fingerprint density at radius 2 is 2.30 bits per heavy atom. The molecule has 0 saturated heterocycles. The maximum Gasteiger partial charge on any atom is 0.222 e. The van der Waals surface area contributed by atoms with E-state index in [4.69, 9.17) is 23.8 Å². The van der Waals surface area contributed by atoms with Crippen molar-refractivity contribution >= 4 is 40.8 Å². The lowest BCUT2D eigenvalue weighted by molar-refractivity contribution is -0.121. The van der Waals surface area contributed by atoms with Gasteiger partial charge in [0.2, 0.25) is 5.91 Å². The minimum absolute atomic E-state index is 0.0111. The Morgan fingerprint density at radius 1 is 1.55 bits per heavy atom. The molecular weight excluding hydrogens is 301 g/mol. The van der Waals surface area contributed by atoms with Crippen LogP contribution in [0.25, 0.3) is 11.0 Å². The molecule has 1 aliphatic carbocycles. The van der Waals surface area contributed by atoms with E-state index in [1.165, 1.54) is 12.1 Å². The molecule has 2 N–H and O–H groups in total. The average molecular weight is 314 g/mol. The molecule has 3 rings (SSSR count). The second-order valence-electron chi connectivity index (χ2n) is 4.96. The molecule has 0 spiro atoms. The van der Waals surface area contributed by atoms with Crippen molar-refractivity contribution in [3.8, 4) is 0 Å². The lowest BCUT2D eigenvalue weighted by Crippen LogP contribution is -2.26. The molecule has 1 aromatic heterocycles. The van der Waals surface area contributed by atoms with Crippen LogP contribution in [0.4, 0.5) is 4.39 Å². The van der Waals surface area contributed by atoms with Gasteiger partial charge in [0.05, 0.1) is 16.1 Å². The van der Waals surface area contributed by atoms with Crippen molar-refractivity contribution in [1.29, 1.82) is 0 Å². The van der Waals surface area contributed by atoms with Gasteiger partial charge in [-0.25, -0.2) is 4.39 Å². The largest absolute Gasteiger partial charge is 0.353 e. The Labute approximate surface area is 124 Å². The summed E-state index contributed by atoms with van der Waals surface area (Å²) in [5, 5.41) is 2.97. The van der Waals surface area contributed by atoms with Crippen LogP contribution in [-0.2, 0) is 11.3 Å². The summed E-state index contributed by atoms with van der Waals surface area (Å²) in [6, 6.07) is 3.19. The predicted molar refractivity (Wildman–Crippen MR) is 77.9 cm³/mol. The highest BCUT2D eigenvalue weighted by molar-refractivity contribution is 7.71. The smallest absolute Gasteiger partial charge is 0.222 e. The van der Waals surface area contributed by atoms with Crippen LogP contribution in [0.15, 0.2) is 12.1 Å². The molecule has 0 aliphatic heterocycles. The van der Waals surface area contributed by atoms with Crippen molar-refractivity contribution in [2.45, 2.75) is 31.8 Å². The highest BCUT2D eigenvalue weighted by atomic mass is 35.5. The predicted octanol–water partition coefficient (Wildman–Crippen LogP) is 3.16. The normalized spacial score (nSPS) is 14.7. The number of carbonyl (C=O) groups excluding carboxylic acids is 1. The number of fused-ring (bicyclic) bond motifs is 1. The Balaban J connectivity index is 1.83. The van der Waals surface area contributed by atoms with Gasteiger partial charge in [0.1, 0.15) is 5.82 Å². The molecule has 20 heavy (non-hydrogen) atoms. The Morgan fingerprint density at radius 3 is 3.00 bits per heavy atom. The van der Waals surface area contributed by atoms with Crippen LogP contribution in [0, 0.1) is 10.6 Å². The molecule has 0 bridgehead atoms. The average Bonchev–Trinajstić information content (AvgIpc) is 3.13. The van der Waals surface area contributed by atoms with Crippen LogP contribution in [0.2, 0.25) is 5.02 Å². The van der Waals surface area contributed by atoms with Gasteiger partial charge in [0.15, 0.2) is 4.77 Å². The maximum atomic E-state index is 13.4. The van der Waals surface area contributed by atoms with Crippen LogP contribution in [0.1, 0.15) is 19.3 Å². The van der Waals surface area contributed by atoms with Gasteiger partial charge in [-0.15, -0.1) is 0 Å². The zero-order chi connectivity index (χ0) is 14.3. The first-order valence-corrected chi connectivity index (χ1v) is 7.20. The van der Waals surface area contributed by atoms with Crippen molar-refractivity contribution < 1.29 is 9.18 Å². The van der Waals surface area contributed by atoms with Gasteiger partial charge in [-0.2, -0.15) is 0 Å². The minimum atomic E-state index is -0.492. The lowest BCUT2D eigenvalue weighted by Gasteiger charge is -2.06. The van der Waals surface area contributed by atoms with Gasteiger partial charge in [0.25, 0.3) is 0 Å². The van der Waals surface area contributed by atoms with Crippen LogP contribution in [0.5, 0.6) is 0 Å². The molecule has 1 amide bonds. The number of nitrogens with one attached hydrogen (secondary N) is 2. The van der Waals surface area contributed by atoms with Crippen molar-refractivity contribution in [2.24, 2.45) is 0 Å². The molecule has 2 aromatic rings. The molecule has 4 nitrogen and oxygen atoms in total. The number of imidazole rings is 1. The number of aryl methyl sites for hydroxylation is 1. The second kappa shape index (κ2) is 5.18. The van der Waals surface area contributed by atoms with Crippen LogP contribution in [-0.4, -0.2) is 21.5 Å². The highest BCUT2D eigenvalue weighted by Gasteiger charge is 2.23. The lowest BCUT2D eigenvalue weighted by atomic mass is 10.3. The first-order chi connectivity index (χ1) is 9.54. The molecule has 0 atom stereocenters. The van der Waals surface area contributed by atoms with Crippen molar-refractivity contribution in [1.82, 2.24) is 14.9 Å². The zero-order valence-corrected chi connectivity index (χ0v) is 12.2. The molecule has 0 radical (unpaired) electrons. The van der Waals surface area contributed by atoms with Gasteiger partial charge in [-0.3, -0.25) is 4.79 Å². The number of hydrogen-bond acceptors (Lipinski definition) is 2. The third-order valence-electron chi connectivity index (χ3n) is 3.32. The Hall–Kier alpha value is -1.40. The SMILES string of the molecule is O=C(CCn1c(=S)[nH]c2cc(F)c(Cl)cc21)NC1CC1. The van der Waals surface area contributed by atoms with Crippen molar-refractivity contribution in [3.05, 3.63) is 27.7 Å². The third kappa shape index (κ3) is 2.71. The number of benzene rings is 1. The standard InChI is InChI=1S/C13H13ClFN3OS/c14-8-5-11-10(6-9(8)15)17-13(20)18(11)4-3-12(19)16-7-1-2-7/h5-7H,1-4H2,(H,16,19)(H,17,20). The summed E-state index contributed by atoms with van der Waals surface area (Å²) in [7, 11) is 0.